The van der Waals surface area contributed by atoms with Crippen LogP contribution in [-0.2, 0) is 16.6 Å². The maximum Gasteiger partial charge on any atom is 0.292 e. The van der Waals surface area contributed by atoms with Crippen molar-refractivity contribution in [3.8, 4) is 0 Å². The van der Waals surface area contributed by atoms with Crippen LogP contribution in [-0.4, -0.2) is 32.5 Å². The highest BCUT2D eigenvalue weighted by Gasteiger charge is 2.73. The lowest BCUT2D eigenvalue weighted by Gasteiger charge is -2.21. The van der Waals surface area contributed by atoms with E-state index < -0.39 is 5.91 Å². The fourth-order valence-corrected chi connectivity index (χ4v) is 5.22. The smallest absolute Gasteiger partial charge is 0.273 e. The predicted octanol–water partition coefficient (Wildman–Crippen LogP) is 0.915. The molecule has 4 unspecified atom stereocenters. The van der Waals surface area contributed by atoms with Gasteiger partial charge in [0.25, 0.3) is 17.7 Å². The summed E-state index contributed by atoms with van der Waals surface area (Å²) in [5.74, 6) is -1.69. The van der Waals surface area contributed by atoms with Crippen LogP contribution in [0.15, 0.2) is 18.3 Å². The Morgan fingerprint density at radius 3 is 2.29 bits per heavy atom. The van der Waals surface area contributed by atoms with Gasteiger partial charge in [0.15, 0.2) is 5.69 Å². The number of carbonyl (C=O) groups excluding carboxylic acids is 3. The molecule has 1 saturated heterocycles. The third-order valence-electron chi connectivity index (χ3n) is 6.07. The minimum absolute atomic E-state index is 0.00316. The predicted molar refractivity (Wildman–Crippen MR) is 82.3 cm³/mol. The van der Waals surface area contributed by atoms with Crippen LogP contribution in [0.2, 0.25) is 5.02 Å². The number of hydrogen-bond acceptors (Lipinski definition) is 4. The summed E-state index contributed by atoms with van der Waals surface area (Å²) in [6.07, 6.45) is 7.83. The molecular formula is C16H15ClN4O3. The van der Waals surface area contributed by atoms with E-state index in [1.165, 1.54) is 10.9 Å². The van der Waals surface area contributed by atoms with E-state index >= 15 is 0 Å². The van der Waals surface area contributed by atoms with Crippen molar-refractivity contribution in [1.82, 2.24) is 20.2 Å². The van der Waals surface area contributed by atoms with E-state index in [2.05, 4.69) is 22.7 Å². The van der Waals surface area contributed by atoms with E-state index in [1.807, 2.05) is 0 Å². The first kappa shape index (κ1) is 14.2. The van der Waals surface area contributed by atoms with Crippen molar-refractivity contribution in [1.29, 1.82) is 0 Å². The maximum absolute atomic E-state index is 12.8. The lowest BCUT2D eigenvalue weighted by molar-refractivity contribution is -0.144. The van der Waals surface area contributed by atoms with Crippen LogP contribution in [0.3, 0.4) is 0 Å². The zero-order chi connectivity index (χ0) is 16.8. The van der Waals surface area contributed by atoms with Crippen LogP contribution in [0.25, 0.3) is 0 Å². The second-order valence-electron chi connectivity index (χ2n) is 7.17. The molecule has 2 heterocycles. The normalized spacial score (nSPS) is 34.3. The molecule has 0 radical (unpaired) electrons. The largest absolute Gasteiger partial charge is 0.292 e. The molecule has 1 aromatic rings. The second kappa shape index (κ2) is 4.27. The monoisotopic (exact) mass is 346 g/mol. The fourth-order valence-electron chi connectivity index (χ4n) is 4.96. The molecule has 2 saturated carbocycles. The van der Waals surface area contributed by atoms with Gasteiger partial charge < -0.3 is 0 Å². The Balaban J connectivity index is 1.42. The lowest BCUT2D eigenvalue weighted by Crippen LogP contribution is -2.48. The molecule has 24 heavy (non-hydrogen) atoms. The van der Waals surface area contributed by atoms with E-state index in [0.717, 1.165) is 17.9 Å². The molecule has 3 aliphatic carbocycles. The SMILES string of the molecule is Cn1cc(Cl)c(C(=O)NN2C(=O)C3C(C2=O)C2C=CC3C23CC3)n1. The first-order chi connectivity index (χ1) is 11.4. The second-order valence-corrected chi connectivity index (χ2v) is 7.58. The van der Waals surface area contributed by atoms with E-state index in [1.54, 1.807) is 7.05 Å². The molecule has 124 valence electrons. The Hall–Kier alpha value is -2.15. The van der Waals surface area contributed by atoms with Crippen LogP contribution in [0.4, 0.5) is 0 Å². The molecule has 4 atom stereocenters. The van der Waals surface area contributed by atoms with Gasteiger partial charge in [-0.25, -0.2) is 0 Å². The number of aryl methyl sites for hydroxylation is 1. The average molecular weight is 347 g/mol. The van der Waals surface area contributed by atoms with Gasteiger partial charge in [-0.2, -0.15) is 10.1 Å². The van der Waals surface area contributed by atoms with Gasteiger partial charge in [0, 0.05) is 13.2 Å². The number of hydrogen-bond donors (Lipinski definition) is 1. The van der Waals surface area contributed by atoms with Gasteiger partial charge in [-0.05, 0) is 30.1 Å². The summed E-state index contributed by atoms with van der Waals surface area (Å²) in [6.45, 7) is 0. The Morgan fingerprint density at radius 1 is 1.25 bits per heavy atom. The molecule has 8 heteroatoms. The van der Waals surface area contributed by atoms with Crippen molar-refractivity contribution in [3.63, 3.8) is 0 Å². The quantitative estimate of drug-likeness (QED) is 0.637. The van der Waals surface area contributed by atoms with Crippen LogP contribution in [0, 0.1) is 29.1 Å². The highest BCUT2D eigenvalue weighted by atomic mass is 35.5. The molecular weight excluding hydrogens is 332 g/mol. The first-order valence-corrected chi connectivity index (χ1v) is 8.38. The molecule has 0 aromatic carbocycles. The summed E-state index contributed by atoms with van der Waals surface area (Å²) in [7, 11) is 1.64. The molecule has 1 N–H and O–H groups in total. The molecule has 1 aliphatic heterocycles. The minimum Gasteiger partial charge on any atom is -0.273 e. The highest BCUT2D eigenvalue weighted by molar-refractivity contribution is 6.33. The summed E-state index contributed by atoms with van der Waals surface area (Å²) in [5, 5.41) is 5.01. The van der Waals surface area contributed by atoms with Gasteiger partial charge in [-0.3, -0.25) is 24.5 Å². The zero-order valence-electron chi connectivity index (χ0n) is 12.9. The highest BCUT2D eigenvalue weighted by Crippen LogP contribution is 2.73. The Morgan fingerprint density at radius 2 is 1.83 bits per heavy atom. The number of nitrogens with one attached hydrogen (secondary N) is 1. The topological polar surface area (TPSA) is 84.3 Å². The molecule has 1 aromatic heterocycles. The number of nitrogens with zero attached hydrogens (tertiary/aromatic N) is 3. The fraction of sp³-hybridized carbons (Fsp3) is 0.500. The number of carbonyl (C=O) groups is 3. The summed E-state index contributed by atoms with van der Waals surface area (Å²) < 4.78 is 1.40. The standard InChI is InChI=1S/C16H15ClN4O3/c1-20-6-9(17)12(18-20)13(22)19-21-14(23)10-7-2-3-8(11(10)15(21)24)16(7)4-5-16/h2-3,6-8,10-11H,4-5H2,1H3,(H,19,22). The van der Waals surface area contributed by atoms with Crippen molar-refractivity contribution < 1.29 is 14.4 Å². The minimum atomic E-state index is -0.649. The van der Waals surface area contributed by atoms with Crippen LogP contribution < -0.4 is 5.43 Å². The number of rotatable bonds is 2. The Bertz CT molecular complexity index is 806. The third kappa shape index (κ3) is 1.53. The Labute approximate surface area is 142 Å². The van der Waals surface area contributed by atoms with Gasteiger partial charge in [-0.1, -0.05) is 23.8 Å². The van der Waals surface area contributed by atoms with Crippen molar-refractivity contribution >= 4 is 29.3 Å². The Kier molecular flexibility index (Phi) is 2.53. The number of halogens is 1. The molecule has 7 nitrogen and oxygen atoms in total. The van der Waals surface area contributed by atoms with Gasteiger partial charge in [-0.15, -0.1) is 0 Å². The van der Waals surface area contributed by atoms with Gasteiger partial charge >= 0.3 is 0 Å². The van der Waals surface area contributed by atoms with Gasteiger partial charge in [0.1, 0.15) is 0 Å². The van der Waals surface area contributed by atoms with Crippen molar-refractivity contribution in [2.75, 3.05) is 0 Å². The third-order valence-corrected chi connectivity index (χ3v) is 6.34. The average Bonchev–Trinajstić information content (AvgIpc) is 2.99. The van der Waals surface area contributed by atoms with E-state index in [0.29, 0.717) is 0 Å². The molecule has 4 aliphatic rings. The maximum atomic E-state index is 12.8. The van der Waals surface area contributed by atoms with Gasteiger partial charge in [0.2, 0.25) is 0 Å². The van der Waals surface area contributed by atoms with E-state index in [4.69, 9.17) is 11.6 Å². The van der Waals surface area contributed by atoms with E-state index in [9.17, 15) is 14.4 Å². The number of allylic oxidation sites excluding steroid dienone is 2. The summed E-state index contributed by atoms with van der Waals surface area (Å²) >= 11 is 5.95. The zero-order valence-corrected chi connectivity index (χ0v) is 13.7. The van der Waals surface area contributed by atoms with Crippen molar-refractivity contribution in [3.05, 3.63) is 29.1 Å². The molecule has 1 spiro atoms. The van der Waals surface area contributed by atoms with Crippen LogP contribution >= 0.6 is 11.6 Å². The summed E-state index contributed by atoms with van der Waals surface area (Å²) in [6, 6.07) is 0. The first-order valence-electron chi connectivity index (χ1n) is 8.00. The summed E-state index contributed by atoms with van der Waals surface area (Å²) in [4.78, 5) is 37.8. The van der Waals surface area contributed by atoms with Gasteiger partial charge in [0.05, 0.1) is 16.9 Å². The number of fused-ring (bicyclic) bond motifs is 3. The van der Waals surface area contributed by atoms with E-state index in [-0.39, 0.29) is 51.6 Å². The number of aromatic nitrogens is 2. The molecule has 2 bridgehead atoms. The number of imide groups is 1. The summed E-state index contributed by atoms with van der Waals surface area (Å²) in [5.41, 5.74) is 2.54. The van der Waals surface area contributed by atoms with Crippen LogP contribution in [0.1, 0.15) is 23.3 Å². The lowest BCUT2D eigenvalue weighted by atomic mass is 9.85. The molecule has 3 fully saturated rings. The molecule has 3 amide bonds. The van der Waals surface area contributed by atoms with Crippen LogP contribution in [0.5, 0.6) is 0 Å². The molecule has 5 rings (SSSR count). The van der Waals surface area contributed by atoms with Crippen molar-refractivity contribution in [2.45, 2.75) is 12.8 Å². The number of hydrazine groups is 1. The van der Waals surface area contributed by atoms with Crippen molar-refractivity contribution in [2.24, 2.45) is 36.1 Å². The number of amides is 3.